The molecule has 2 saturated heterocycles. The number of anilines is 1. The maximum atomic E-state index is 12.7. The van der Waals surface area contributed by atoms with E-state index in [1.165, 1.54) is 11.3 Å². The van der Waals surface area contributed by atoms with Gasteiger partial charge in [0.05, 0.1) is 10.9 Å². The average molecular weight is 409 g/mol. The van der Waals surface area contributed by atoms with E-state index in [0.29, 0.717) is 17.0 Å². The Morgan fingerprint density at radius 1 is 1.17 bits per heavy atom. The van der Waals surface area contributed by atoms with Gasteiger partial charge >= 0.3 is 0 Å². The van der Waals surface area contributed by atoms with Crippen LogP contribution in [-0.4, -0.2) is 56.1 Å². The van der Waals surface area contributed by atoms with Crippen LogP contribution in [0.3, 0.4) is 0 Å². The van der Waals surface area contributed by atoms with Gasteiger partial charge in [-0.25, -0.2) is 0 Å². The molecule has 0 aliphatic carbocycles. The molecule has 2 aliphatic rings. The topological polar surface area (TPSA) is 69.7 Å². The van der Waals surface area contributed by atoms with Gasteiger partial charge in [-0.3, -0.25) is 14.4 Å². The number of likely N-dealkylation sites (tertiary alicyclic amines) is 1. The summed E-state index contributed by atoms with van der Waals surface area (Å²) in [5.41, 5.74) is 2.34. The molecule has 150 valence electrons. The average Bonchev–Trinajstić information content (AvgIpc) is 3.42. The van der Waals surface area contributed by atoms with Crippen LogP contribution in [0.5, 0.6) is 0 Å². The number of hydrogen-bond acceptors (Lipinski definition) is 4. The van der Waals surface area contributed by atoms with Crippen LogP contribution >= 0.6 is 11.3 Å². The Hall–Kier alpha value is -2.61. The predicted octanol–water partition coefficient (Wildman–Crippen LogP) is 1.09. The molecule has 1 atom stereocenters. The van der Waals surface area contributed by atoms with Gasteiger partial charge in [-0.05, 0) is 54.4 Å². The van der Waals surface area contributed by atoms with Crippen molar-refractivity contribution in [3.63, 3.8) is 0 Å². The van der Waals surface area contributed by atoms with E-state index >= 15 is 0 Å². The number of hydrogen-bond donors (Lipinski definition) is 1. The van der Waals surface area contributed by atoms with E-state index in [4.69, 9.17) is 0 Å². The molecule has 3 amide bonds. The van der Waals surface area contributed by atoms with Crippen LogP contribution in [0.15, 0.2) is 30.3 Å². The number of rotatable bonds is 4. The third-order valence-electron chi connectivity index (χ3n) is 5.57. The SMILES string of the molecule is Bc1ccc(C(=O)NC2CC(=O)N(c3ccc(C(=O)N4CCCC4)c(C)c3)C2)s1. The normalized spacial score (nSPS) is 19.1. The Kier molecular flexibility index (Phi) is 5.45. The second kappa shape index (κ2) is 8.03. The summed E-state index contributed by atoms with van der Waals surface area (Å²) in [6.45, 7) is 3.98. The number of benzene rings is 1. The minimum atomic E-state index is -0.219. The zero-order valence-corrected chi connectivity index (χ0v) is 17.6. The number of carbonyl (C=O) groups is 3. The molecule has 2 aromatic rings. The molecule has 0 radical (unpaired) electrons. The van der Waals surface area contributed by atoms with Crippen LogP contribution < -0.4 is 15.0 Å². The first kappa shape index (κ1) is 19.7. The summed E-state index contributed by atoms with van der Waals surface area (Å²) in [4.78, 5) is 41.9. The minimum Gasteiger partial charge on any atom is -0.346 e. The molecule has 8 heteroatoms. The molecule has 0 saturated carbocycles. The van der Waals surface area contributed by atoms with Crippen molar-refractivity contribution in [1.29, 1.82) is 0 Å². The third-order valence-corrected chi connectivity index (χ3v) is 6.57. The summed E-state index contributed by atoms with van der Waals surface area (Å²) in [7, 11) is 1.96. The fraction of sp³-hybridized carbons (Fsp3) is 0.381. The van der Waals surface area contributed by atoms with Gasteiger partial charge in [-0.1, -0.05) is 6.07 Å². The zero-order chi connectivity index (χ0) is 20.5. The fourth-order valence-electron chi connectivity index (χ4n) is 4.01. The number of thiophene rings is 1. The highest BCUT2D eigenvalue weighted by atomic mass is 32.1. The van der Waals surface area contributed by atoms with Crippen molar-refractivity contribution in [2.75, 3.05) is 24.5 Å². The van der Waals surface area contributed by atoms with Gasteiger partial charge < -0.3 is 15.1 Å². The van der Waals surface area contributed by atoms with E-state index in [9.17, 15) is 14.4 Å². The van der Waals surface area contributed by atoms with Gasteiger partial charge in [0.15, 0.2) is 7.85 Å². The summed E-state index contributed by atoms with van der Waals surface area (Å²) in [6.07, 6.45) is 2.40. The molecule has 29 heavy (non-hydrogen) atoms. The predicted molar refractivity (Wildman–Crippen MR) is 117 cm³/mol. The first-order valence-electron chi connectivity index (χ1n) is 10.00. The van der Waals surface area contributed by atoms with E-state index in [1.807, 2.05) is 50.0 Å². The molecule has 0 spiro atoms. The molecule has 1 N–H and O–H groups in total. The molecule has 1 unspecified atom stereocenters. The lowest BCUT2D eigenvalue weighted by atomic mass is 10.1. The van der Waals surface area contributed by atoms with E-state index in [0.717, 1.165) is 42.0 Å². The van der Waals surface area contributed by atoms with E-state index in [-0.39, 0.29) is 30.2 Å². The lowest BCUT2D eigenvalue weighted by Crippen LogP contribution is -2.36. The lowest BCUT2D eigenvalue weighted by molar-refractivity contribution is -0.117. The van der Waals surface area contributed by atoms with Crippen LogP contribution in [0.2, 0.25) is 0 Å². The smallest absolute Gasteiger partial charge is 0.261 e. The Morgan fingerprint density at radius 2 is 1.93 bits per heavy atom. The largest absolute Gasteiger partial charge is 0.346 e. The van der Waals surface area contributed by atoms with Crippen LogP contribution in [-0.2, 0) is 4.79 Å². The van der Waals surface area contributed by atoms with Gasteiger partial charge in [-0.15, -0.1) is 11.3 Å². The molecule has 2 aliphatic heterocycles. The highest BCUT2D eigenvalue weighted by Crippen LogP contribution is 2.26. The Bertz CT molecular complexity index is 968. The van der Waals surface area contributed by atoms with Crippen molar-refractivity contribution in [3.05, 3.63) is 46.3 Å². The van der Waals surface area contributed by atoms with Crippen LogP contribution in [0.4, 0.5) is 5.69 Å². The van der Waals surface area contributed by atoms with Gasteiger partial charge in [0.2, 0.25) is 5.91 Å². The number of aryl methyl sites for hydroxylation is 1. The van der Waals surface area contributed by atoms with E-state index in [2.05, 4.69) is 5.32 Å². The molecule has 1 aromatic carbocycles. The Morgan fingerprint density at radius 3 is 2.59 bits per heavy atom. The first-order chi connectivity index (χ1) is 13.9. The third kappa shape index (κ3) is 4.08. The molecule has 2 fully saturated rings. The summed E-state index contributed by atoms with van der Waals surface area (Å²) in [5.74, 6) is -0.0863. The van der Waals surface area contributed by atoms with Gasteiger partial charge in [0.1, 0.15) is 0 Å². The highest BCUT2D eigenvalue weighted by molar-refractivity contribution is 7.21. The minimum absolute atomic E-state index is 0.0179. The summed E-state index contributed by atoms with van der Waals surface area (Å²) in [6, 6.07) is 9.06. The van der Waals surface area contributed by atoms with Crippen molar-refractivity contribution in [3.8, 4) is 0 Å². The van der Waals surface area contributed by atoms with Crippen molar-refractivity contribution < 1.29 is 14.4 Å². The molecule has 6 nitrogen and oxygen atoms in total. The maximum absolute atomic E-state index is 12.7. The number of nitrogens with one attached hydrogen (secondary N) is 1. The van der Waals surface area contributed by atoms with Crippen LogP contribution in [0, 0.1) is 6.92 Å². The zero-order valence-electron chi connectivity index (χ0n) is 16.7. The molecular formula is C21H24BN3O3S. The van der Waals surface area contributed by atoms with Gasteiger partial charge in [0.25, 0.3) is 11.8 Å². The van der Waals surface area contributed by atoms with Crippen LogP contribution in [0.25, 0.3) is 0 Å². The molecular weight excluding hydrogens is 385 g/mol. The highest BCUT2D eigenvalue weighted by Gasteiger charge is 2.32. The number of carbonyl (C=O) groups excluding carboxylic acids is 3. The summed E-state index contributed by atoms with van der Waals surface area (Å²) < 4.78 is 1.08. The van der Waals surface area contributed by atoms with Crippen molar-refractivity contribution in [1.82, 2.24) is 10.2 Å². The second-order valence-electron chi connectivity index (χ2n) is 7.79. The van der Waals surface area contributed by atoms with Gasteiger partial charge in [-0.2, -0.15) is 0 Å². The molecule has 0 bridgehead atoms. The van der Waals surface area contributed by atoms with Crippen LogP contribution in [0.1, 0.15) is 44.9 Å². The summed E-state index contributed by atoms with van der Waals surface area (Å²) >= 11 is 1.45. The first-order valence-corrected chi connectivity index (χ1v) is 10.8. The van der Waals surface area contributed by atoms with E-state index in [1.54, 1.807) is 4.90 Å². The fourth-order valence-corrected chi connectivity index (χ4v) is 4.78. The van der Waals surface area contributed by atoms with Crippen molar-refractivity contribution >= 4 is 47.4 Å². The molecule has 1 aromatic heterocycles. The number of nitrogens with zero attached hydrogens (tertiary/aromatic N) is 2. The Labute approximate surface area is 175 Å². The molecule has 4 rings (SSSR count). The standard InChI is InChI=1S/C21H24BN3O3S/c1-13-10-15(4-5-16(13)21(28)24-8-2-3-9-24)25-12-14(11-19(25)26)23-20(27)17-6-7-18(22)29-17/h4-7,10,14H,2-3,8-9,11-12,22H2,1H3,(H,23,27). The monoisotopic (exact) mass is 409 g/mol. The van der Waals surface area contributed by atoms with E-state index < -0.39 is 0 Å². The summed E-state index contributed by atoms with van der Waals surface area (Å²) in [5, 5.41) is 2.97. The number of amides is 3. The second-order valence-corrected chi connectivity index (χ2v) is 9.08. The van der Waals surface area contributed by atoms with Gasteiger partial charge in [0, 0.05) is 37.3 Å². The molecule has 3 heterocycles. The Balaban J connectivity index is 1.44. The van der Waals surface area contributed by atoms with Crippen molar-refractivity contribution in [2.45, 2.75) is 32.2 Å². The quantitative estimate of drug-likeness (QED) is 0.769. The lowest BCUT2D eigenvalue weighted by Gasteiger charge is -2.20. The maximum Gasteiger partial charge on any atom is 0.261 e. The van der Waals surface area contributed by atoms with Crippen molar-refractivity contribution in [2.24, 2.45) is 0 Å².